The molecule has 1 aromatic heterocycles. The highest BCUT2D eigenvalue weighted by Crippen LogP contribution is 2.18. The average Bonchev–Trinajstić information content (AvgIpc) is 2.75. The third-order valence-corrected chi connectivity index (χ3v) is 3.79. The zero-order valence-corrected chi connectivity index (χ0v) is 11.8. The molecule has 0 N–H and O–H groups in total. The van der Waals surface area contributed by atoms with Gasteiger partial charge in [-0.25, -0.2) is 0 Å². The fourth-order valence-electron chi connectivity index (χ4n) is 2.60. The minimum Gasteiger partial charge on any atom is -0.337 e. The Morgan fingerprint density at radius 2 is 2.15 bits per heavy atom. The molecular weight excluding hydrogens is 266 g/mol. The van der Waals surface area contributed by atoms with Crippen molar-refractivity contribution in [2.45, 2.75) is 31.9 Å². The summed E-state index contributed by atoms with van der Waals surface area (Å²) in [5.41, 5.74) is -0.0386. The van der Waals surface area contributed by atoms with Gasteiger partial charge < -0.3 is 9.80 Å². The van der Waals surface area contributed by atoms with Crippen LogP contribution in [0.3, 0.4) is 0 Å². The minimum absolute atomic E-state index is 0.0386. The maximum atomic E-state index is 12.8. The highest BCUT2D eigenvalue weighted by atomic mass is 19.3. The lowest BCUT2D eigenvalue weighted by atomic mass is 10.1. The van der Waals surface area contributed by atoms with E-state index in [0.717, 1.165) is 19.3 Å². The van der Waals surface area contributed by atoms with E-state index in [-0.39, 0.29) is 11.6 Å². The second kappa shape index (κ2) is 6.30. The number of rotatable bonds is 3. The first-order valence-corrected chi connectivity index (χ1v) is 6.78. The van der Waals surface area contributed by atoms with Crippen molar-refractivity contribution in [2.75, 3.05) is 27.2 Å². The van der Waals surface area contributed by atoms with Gasteiger partial charge in [0.25, 0.3) is 5.91 Å². The molecule has 0 spiro atoms. The van der Waals surface area contributed by atoms with Crippen molar-refractivity contribution in [1.29, 1.82) is 0 Å². The van der Waals surface area contributed by atoms with Crippen LogP contribution >= 0.6 is 0 Å². The molecule has 0 radical (unpaired) electrons. The number of halogens is 2. The molecular formula is C13H20F2N4O. The number of hydrogen-bond donors (Lipinski definition) is 0. The van der Waals surface area contributed by atoms with Gasteiger partial charge in [0, 0.05) is 25.3 Å². The van der Waals surface area contributed by atoms with Gasteiger partial charge >= 0.3 is 6.55 Å². The standard InChI is InChI=1S/C13H20F2N4O/c1-17(2)10-4-3-8-18(9-6-10)12(20)11-5-7-16-19(11)13(14)15/h5,7,10,13H,3-4,6,8-9H2,1-2H3/t10-/m0/s1. The summed E-state index contributed by atoms with van der Waals surface area (Å²) >= 11 is 0. The van der Waals surface area contributed by atoms with Gasteiger partial charge in [-0.05, 0) is 39.4 Å². The Bertz CT molecular complexity index is 461. The van der Waals surface area contributed by atoms with Gasteiger partial charge in [0.15, 0.2) is 0 Å². The summed E-state index contributed by atoms with van der Waals surface area (Å²) < 4.78 is 26.0. The summed E-state index contributed by atoms with van der Waals surface area (Å²) in [4.78, 5) is 16.1. The lowest BCUT2D eigenvalue weighted by Crippen LogP contribution is -2.35. The summed E-state index contributed by atoms with van der Waals surface area (Å²) in [7, 11) is 4.04. The summed E-state index contributed by atoms with van der Waals surface area (Å²) in [6.07, 6.45) is 4.00. The lowest BCUT2D eigenvalue weighted by Gasteiger charge is -2.23. The summed E-state index contributed by atoms with van der Waals surface area (Å²) in [5, 5.41) is 3.51. The molecule has 2 rings (SSSR count). The van der Waals surface area contributed by atoms with Gasteiger partial charge in [-0.15, -0.1) is 0 Å². The first-order chi connectivity index (χ1) is 9.50. The van der Waals surface area contributed by atoms with E-state index in [9.17, 15) is 13.6 Å². The molecule has 1 fully saturated rings. The SMILES string of the molecule is CN(C)[C@H]1CCCN(C(=O)c2ccnn2C(F)F)CC1. The second-order valence-corrected chi connectivity index (χ2v) is 5.28. The Morgan fingerprint density at radius 1 is 1.40 bits per heavy atom. The Balaban J connectivity index is 2.07. The van der Waals surface area contributed by atoms with Gasteiger partial charge in [0.2, 0.25) is 0 Å². The molecule has 1 aliphatic rings. The zero-order valence-electron chi connectivity index (χ0n) is 11.8. The number of nitrogens with zero attached hydrogens (tertiary/aromatic N) is 4. The van der Waals surface area contributed by atoms with Crippen molar-refractivity contribution >= 4 is 5.91 Å². The third-order valence-electron chi connectivity index (χ3n) is 3.79. The molecule has 0 bridgehead atoms. The topological polar surface area (TPSA) is 41.4 Å². The largest absolute Gasteiger partial charge is 0.337 e. The Morgan fingerprint density at radius 3 is 2.80 bits per heavy atom. The molecule has 1 amide bonds. The van der Waals surface area contributed by atoms with Crippen molar-refractivity contribution in [3.8, 4) is 0 Å². The van der Waals surface area contributed by atoms with Gasteiger partial charge in [0.05, 0.1) is 0 Å². The molecule has 0 unspecified atom stereocenters. The van der Waals surface area contributed by atoms with Gasteiger partial charge in [0.1, 0.15) is 5.69 Å². The Hall–Kier alpha value is -1.50. The van der Waals surface area contributed by atoms with Crippen LogP contribution in [0.1, 0.15) is 36.3 Å². The number of likely N-dealkylation sites (tertiary alicyclic amines) is 1. The van der Waals surface area contributed by atoms with E-state index >= 15 is 0 Å². The highest BCUT2D eigenvalue weighted by molar-refractivity contribution is 5.92. The highest BCUT2D eigenvalue weighted by Gasteiger charge is 2.26. The van der Waals surface area contributed by atoms with E-state index in [2.05, 4.69) is 10.00 Å². The number of hydrogen-bond acceptors (Lipinski definition) is 3. The predicted octanol–water partition coefficient (Wildman–Crippen LogP) is 1.83. The molecule has 1 atom stereocenters. The quantitative estimate of drug-likeness (QED) is 0.851. The number of aromatic nitrogens is 2. The van der Waals surface area contributed by atoms with Crippen LogP contribution in [0.15, 0.2) is 12.3 Å². The first kappa shape index (κ1) is 14.9. The van der Waals surface area contributed by atoms with Crippen LogP contribution in [0.4, 0.5) is 8.78 Å². The first-order valence-electron chi connectivity index (χ1n) is 6.78. The van der Waals surface area contributed by atoms with E-state index < -0.39 is 6.55 Å². The van der Waals surface area contributed by atoms with Gasteiger partial charge in [-0.3, -0.25) is 4.79 Å². The lowest BCUT2D eigenvalue weighted by molar-refractivity contribution is 0.0465. The van der Waals surface area contributed by atoms with E-state index in [1.807, 2.05) is 14.1 Å². The molecule has 112 valence electrons. The minimum atomic E-state index is -2.79. The summed E-state index contributed by atoms with van der Waals surface area (Å²) in [5.74, 6) is -0.359. The summed E-state index contributed by atoms with van der Waals surface area (Å²) in [6.45, 7) is -1.58. The van der Waals surface area contributed by atoms with Gasteiger partial charge in [-0.1, -0.05) is 0 Å². The zero-order chi connectivity index (χ0) is 14.7. The van der Waals surface area contributed by atoms with Crippen LogP contribution in [0.2, 0.25) is 0 Å². The molecule has 0 aliphatic carbocycles. The summed E-state index contributed by atoms with van der Waals surface area (Å²) in [6, 6.07) is 1.79. The Labute approximate surface area is 117 Å². The number of alkyl halides is 2. The van der Waals surface area contributed by atoms with Crippen LogP contribution in [0, 0.1) is 0 Å². The molecule has 5 nitrogen and oxygen atoms in total. The number of amides is 1. The van der Waals surface area contributed by atoms with Crippen molar-refractivity contribution in [2.24, 2.45) is 0 Å². The van der Waals surface area contributed by atoms with Crippen LogP contribution < -0.4 is 0 Å². The molecule has 1 aromatic rings. The predicted molar refractivity (Wildman–Crippen MR) is 70.7 cm³/mol. The smallest absolute Gasteiger partial charge is 0.333 e. The van der Waals surface area contributed by atoms with E-state index in [1.54, 1.807) is 4.90 Å². The van der Waals surface area contributed by atoms with E-state index in [1.165, 1.54) is 12.3 Å². The molecule has 0 aromatic carbocycles. The average molecular weight is 286 g/mol. The molecule has 1 saturated heterocycles. The van der Waals surface area contributed by atoms with Crippen LogP contribution in [-0.2, 0) is 0 Å². The van der Waals surface area contributed by atoms with Crippen molar-refractivity contribution in [3.05, 3.63) is 18.0 Å². The normalized spacial score (nSPS) is 20.5. The monoisotopic (exact) mass is 286 g/mol. The van der Waals surface area contributed by atoms with E-state index in [0.29, 0.717) is 23.8 Å². The van der Waals surface area contributed by atoms with Crippen LogP contribution in [-0.4, -0.2) is 58.7 Å². The molecule has 0 saturated carbocycles. The van der Waals surface area contributed by atoms with Crippen molar-refractivity contribution in [1.82, 2.24) is 19.6 Å². The molecule has 1 aliphatic heterocycles. The third kappa shape index (κ3) is 3.15. The fraction of sp³-hybridized carbons (Fsp3) is 0.692. The fourth-order valence-corrected chi connectivity index (χ4v) is 2.60. The van der Waals surface area contributed by atoms with Crippen LogP contribution in [0.5, 0.6) is 0 Å². The van der Waals surface area contributed by atoms with Crippen molar-refractivity contribution in [3.63, 3.8) is 0 Å². The molecule has 7 heteroatoms. The van der Waals surface area contributed by atoms with Gasteiger partial charge in [-0.2, -0.15) is 18.6 Å². The number of carbonyl (C=O) groups excluding carboxylic acids is 1. The maximum absolute atomic E-state index is 12.8. The van der Waals surface area contributed by atoms with Crippen LogP contribution in [0.25, 0.3) is 0 Å². The molecule has 2 heterocycles. The number of carbonyl (C=O) groups is 1. The van der Waals surface area contributed by atoms with Crippen molar-refractivity contribution < 1.29 is 13.6 Å². The Kier molecular flexibility index (Phi) is 4.69. The molecule has 20 heavy (non-hydrogen) atoms. The van der Waals surface area contributed by atoms with E-state index in [4.69, 9.17) is 0 Å². The second-order valence-electron chi connectivity index (χ2n) is 5.28. The maximum Gasteiger partial charge on any atom is 0.333 e.